The van der Waals surface area contributed by atoms with Gasteiger partial charge in [0.25, 0.3) is 5.22 Å². The van der Waals surface area contributed by atoms with E-state index in [4.69, 9.17) is 16.0 Å². The van der Waals surface area contributed by atoms with Gasteiger partial charge in [0.1, 0.15) is 5.25 Å². The largest absolute Gasteiger partial charge is 0.411 e. The monoisotopic (exact) mass is 401 g/mol. The van der Waals surface area contributed by atoms with Crippen LogP contribution in [0.25, 0.3) is 11.5 Å². The molecule has 0 bridgehead atoms. The van der Waals surface area contributed by atoms with Crippen molar-refractivity contribution in [3.63, 3.8) is 0 Å². The zero-order chi connectivity index (χ0) is 19.2. The Morgan fingerprint density at radius 1 is 1.07 bits per heavy atom. The Kier molecular flexibility index (Phi) is 6.53. The third-order valence-electron chi connectivity index (χ3n) is 4.12. The number of amides is 1. The summed E-state index contributed by atoms with van der Waals surface area (Å²) in [5, 5.41) is 8.77. The number of hydrogen-bond acceptors (Lipinski definition) is 5. The van der Waals surface area contributed by atoms with E-state index in [-0.39, 0.29) is 5.91 Å². The van der Waals surface area contributed by atoms with Gasteiger partial charge in [0.15, 0.2) is 0 Å². The van der Waals surface area contributed by atoms with E-state index in [1.165, 1.54) is 11.8 Å². The van der Waals surface area contributed by atoms with Crippen molar-refractivity contribution >= 4 is 29.3 Å². The smallest absolute Gasteiger partial charge is 0.277 e. The number of halogens is 1. The van der Waals surface area contributed by atoms with Crippen molar-refractivity contribution in [1.29, 1.82) is 0 Å². The second kappa shape index (κ2) is 9.06. The molecule has 0 radical (unpaired) electrons. The van der Waals surface area contributed by atoms with E-state index in [0.717, 1.165) is 11.1 Å². The predicted octanol–water partition coefficient (Wildman–Crippen LogP) is 5.09. The molecule has 1 aromatic heterocycles. The number of benzene rings is 2. The van der Waals surface area contributed by atoms with Gasteiger partial charge in [-0.1, -0.05) is 41.9 Å². The summed E-state index contributed by atoms with van der Waals surface area (Å²) in [5.74, 6) is 0.429. The lowest BCUT2D eigenvalue weighted by atomic mass is 10.1. The van der Waals surface area contributed by atoms with Crippen molar-refractivity contribution in [2.75, 3.05) is 13.1 Å². The average molecular weight is 402 g/mol. The number of carbonyl (C=O) groups excluding carboxylic acids is 1. The summed E-state index contributed by atoms with van der Waals surface area (Å²) in [5.41, 5.74) is 1.69. The van der Waals surface area contributed by atoms with Crippen LogP contribution in [0.3, 0.4) is 0 Å². The molecule has 3 rings (SSSR count). The summed E-state index contributed by atoms with van der Waals surface area (Å²) in [6, 6.07) is 16.8. The molecular weight excluding hydrogens is 382 g/mol. The second-order valence-corrected chi connectivity index (χ2v) is 7.29. The highest BCUT2D eigenvalue weighted by molar-refractivity contribution is 8.00. The summed E-state index contributed by atoms with van der Waals surface area (Å²) < 4.78 is 5.79. The Hall–Kier alpha value is -2.31. The Bertz CT molecular complexity index is 880. The Morgan fingerprint density at radius 3 is 2.37 bits per heavy atom. The van der Waals surface area contributed by atoms with Crippen LogP contribution in [-0.2, 0) is 4.79 Å². The van der Waals surface area contributed by atoms with Crippen LogP contribution in [0.2, 0.25) is 5.02 Å². The van der Waals surface area contributed by atoms with E-state index in [1.54, 1.807) is 17.0 Å². The molecule has 0 aliphatic rings. The highest BCUT2D eigenvalue weighted by Crippen LogP contribution is 2.37. The molecule has 2 aromatic carbocycles. The minimum atomic E-state index is -0.440. The van der Waals surface area contributed by atoms with Crippen LogP contribution in [0.1, 0.15) is 24.7 Å². The maximum Gasteiger partial charge on any atom is 0.277 e. The minimum absolute atomic E-state index is 0.0300. The fourth-order valence-electron chi connectivity index (χ4n) is 2.66. The fraction of sp³-hybridized carbons (Fsp3) is 0.250. The summed E-state index contributed by atoms with van der Waals surface area (Å²) in [6.45, 7) is 5.25. The number of hydrogen-bond donors (Lipinski definition) is 0. The molecule has 0 aliphatic carbocycles. The van der Waals surface area contributed by atoms with Crippen LogP contribution in [-0.4, -0.2) is 34.1 Å². The molecule has 0 N–H and O–H groups in total. The van der Waals surface area contributed by atoms with Gasteiger partial charge < -0.3 is 9.32 Å². The van der Waals surface area contributed by atoms with Crippen molar-refractivity contribution in [3.8, 4) is 11.5 Å². The SMILES string of the molecule is CCN(CC)C(=O)C(Sc1nnc(-c2ccc(Cl)cc2)o1)c1ccccc1. The molecule has 5 nitrogen and oxygen atoms in total. The number of thioether (sulfide) groups is 1. The quantitative estimate of drug-likeness (QED) is 0.516. The van der Waals surface area contributed by atoms with E-state index >= 15 is 0 Å². The van der Waals surface area contributed by atoms with Gasteiger partial charge >= 0.3 is 0 Å². The predicted molar refractivity (Wildman–Crippen MR) is 108 cm³/mol. The molecule has 0 aliphatic heterocycles. The van der Waals surface area contributed by atoms with Gasteiger partial charge in [0.05, 0.1) is 0 Å². The standard InChI is InChI=1S/C20H20ClN3O2S/c1-3-24(4-2)19(25)17(14-8-6-5-7-9-14)27-20-23-22-18(26-20)15-10-12-16(21)13-11-15/h5-13,17H,3-4H2,1-2H3. The first kappa shape index (κ1) is 19.5. The van der Waals surface area contributed by atoms with Crippen LogP contribution in [0.15, 0.2) is 64.2 Å². The van der Waals surface area contributed by atoms with E-state index in [9.17, 15) is 4.79 Å². The van der Waals surface area contributed by atoms with Crippen LogP contribution < -0.4 is 0 Å². The molecule has 3 aromatic rings. The maximum atomic E-state index is 13.0. The lowest BCUT2D eigenvalue weighted by molar-refractivity contribution is -0.130. The van der Waals surface area contributed by atoms with Gasteiger partial charge in [-0.05, 0) is 55.4 Å². The van der Waals surface area contributed by atoms with Crippen LogP contribution >= 0.6 is 23.4 Å². The molecule has 1 unspecified atom stereocenters. The van der Waals surface area contributed by atoms with Crippen molar-refractivity contribution in [3.05, 3.63) is 65.2 Å². The Morgan fingerprint density at radius 2 is 1.74 bits per heavy atom. The number of nitrogens with zero attached hydrogens (tertiary/aromatic N) is 3. The maximum absolute atomic E-state index is 13.0. The van der Waals surface area contributed by atoms with Crippen molar-refractivity contribution < 1.29 is 9.21 Å². The van der Waals surface area contributed by atoms with E-state index in [1.807, 2.05) is 56.3 Å². The molecule has 0 saturated carbocycles. The van der Waals surface area contributed by atoms with Gasteiger partial charge in [-0.2, -0.15) is 0 Å². The zero-order valence-electron chi connectivity index (χ0n) is 15.1. The average Bonchev–Trinajstić information content (AvgIpc) is 3.17. The third kappa shape index (κ3) is 4.70. The van der Waals surface area contributed by atoms with Gasteiger partial charge in [-0.15, -0.1) is 10.2 Å². The number of aromatic nitrogens is 2. The van der Waals surface area contributed by atoms with Crippen LogP contribution in [0.5, 0.6) is 0 Å². The molecule has 0 fully saturated rings. The first-order valence-corrected chi connectivity index (χ1v) is 9.98. The highest BCUT2D eigenvalue weighted by Gasteiger charge is 2.28. The van der Waals surface area contributed by atoms with Gasteiger partial charge in [-0.25, -0.2) is 0 Å². The van der Waals surface area contributed by atoms with Crippen LogP contribution in [0, 0.1) is 0 Å². The van der Waals surface area contributed by atoms with Gasteiger partial charge in [0, 0.05) is 23.7 Å². The fourth-order valence-corrected chi connectivity index (χ4v) is 3.74. The summed E-state index contributed by atoms with van der Waals surface area (Å²) in [4.78, 5) is 14.8. The summed E-state index contributed by atoms with van der Waals surface area (Å²) in [6.07, 6.45) is 0. The normalized spacial score (nSPS) is 12.0. The molecule has 1 atom stereocenters. The van der Waals surface area contributed by atoms with Crippen molar-refractivity contribution in [2.24, 2.45) is 0 Å². The van der Waals surface area contributed by atoms with E-state index in [2.05, 4.69) is 10.2 Å². The van der Waals surface area contributed by atoms with Crippen molar-refractivity contribution in [2.45, 2.75) is 24.3 Å². The lowest BCUT2D eigenvalue weighted by Gasteiger charge is -2.24. The number of rotatable bonds is 7. The summed E-state index contributed by atoms with van der Waals surface area (Å²) >= 11 is 7.19. The lowest BCUT2D eigenvalue weighted by Crippen LogP contribution is -2.33. The Labute approximate surface area is 167 Å². The van der Waals surface area contributed by atoms with Gasteiger partial charge in [-0.3, -0.25) is 4.79 Å². The molecule has 0 saturated heterocycles. The first-order chi connectivity index (χ1) is 13.1. The zero-order valence-corrected chi connectivity index (χ0v) is 16.7. The number of likely N-dealkylation sites (N-methyl/N-ethyl adjacent to an activating group) is 1. The highest BCUT2D eigenvalue weighted by atomic mass is 35.5. The van der Waals surface area contributed by atoms with Gasteiger partial charge in [0.2, 0.25) is 11.8 Å². The molecule has 1 heterocycles. The molecule has 7 heteroatoms. The molecular formula is C20H20ClN3O2S. The molecule has 1 amide bonds. The molecule has 140 valence electrons. The molecule has 27 heavy (non-hydrogen) atoms. The second-order valence-electron chi connectivity index (χ2n) is 5.80. The first-order valence-electron chi connectivity index (χ1n) is 8.72. The Balaban J connectivity index is 1.86. The number of carbonyl (C=O) groups is 1. The van der Waals surface area contributed by atoms with E-state index in [0.29, 0.717) is 29.2 Å². The topological polar surface area (TPSA) is 59.2 Å². The third-order valence-corrected chi connectivity index (χ3v) is 5.45. The minimum Gasteiger partial charge on any atom is -0.411 e. The van der Waals surface area contributed by atoms with Crippen molar-refractivity contribution in [1.82, 2.24) is 15.1 Å². The van der Waals surface area contributed by atoms with E-state index < -0.39 is 5.25 Å². The van der Waals surface area contributed by atoms with Crippen LogP contribution in [0.4, 0.5) is 0 Å². The summed E-state index contributed by atoms with van der Waals surface area (Å²) in [7, 11) is 0. The molecule has 0 spiro atoms.